The number of aromatic nitrogens is 1. The lowest BCUT2D eigenvalue weighted by Crippen LogP contribution is -2.26. The van der Waals surface area contributed by atoms with E-state index in [0.29, 0.717) is 24.3 Å². The van der Waals surface area contributed by atoms with E-state index in [-0.39, 0.29) is 5.91 Å². The molecule has 1 aromatic heterocycles. The number of fused-ring (bicyclic) bond motifs is 1. The Balaban J connectivity index is 2.06. The highest BCUT2D eigenvalue weighted by Crippen LogP contribution is 2.39. The van der Waals surface area contributed by atoms with Crippen molar-refractivity contribution in [2.24, 2.45) is 17.1 Å². The van der Waals surface area contributed by atoms with Gasteiger partial charge >= 0.3 is 0 Å². The van der Waals surface area contributed by atoms with Gasteiger partial charge < -0.3 is 11.1 Å². The van der Waals surface area contributed by atoms with Crippen LogP contribution in [0.3, 0.4) is 0 Å². The van der Waals surface area contributed by atoms with E-state index >= 15 is 0 Å². The molecule has 1 aliphatic rings. The van der Waals surface area contributed by atoms with Crippen molar-refractivity contribution >= 4 is 22.4 Å². The van der Waals surface area contributed by atoms with Crippen molar-refractivity contribution in [2.45, 2.75) is 46.5 Å². The van der Waals surface area contributed by atoms with Crippen molar-refractivity contribution in [1.82, 2.24) is 4.98 Å². The molecule has 0 radical (unpaired) electrons. The predicted octanol–water partition coefficient (Wildman–Crippen LogP) is 2.58. The van der Waals surface area contributed by atoms with Gasteiger partial charge in [-0.25, -0.2) is 4.98 Å². The van der Waals surface area contributed by atoms with Crippen LogP contribution in [0.15, 0.2) is 0 Å². The Morgan fingerprint density at radius 2 is 2.26 bits per heavy atom. The normalized spacial score (nSPS) is 19.1. The maximum atomic E-state index is 11.5. The number of nitrogens with two attached hydrogens (primary N) is 1. The van der Waals surface area contributed by atoms with Gasteiger partial charge in [0.15, 0.2) is 5.13 Å². The zero-order chi connectivity index (χ0) is 14.0. The van der Waals surface area contributed by atoms with Gasteiger partial charge in [-0.1, -0.05) is 20.8 Å². The number of hydrogen-bond acceptors (Lipinski definition) is 4. The smallest absolute Gasteiger partial charge is 0.227 e. The lowest BCUT2D eigenvalue weighted by Gasteiger charge is -2.33. The summed E-state index contributed by atoms with van der Waals surface area (Å²) in [7, 11) is 0. The van der Waals surface area contributed by atoms with Crippen molar-refractivity contribution in [2.75, 3.05) is 11.9 Å². The highest BCUT2D eigenvalue weighted by Gasteiger charge is 2.30. The fraction of sp³-hybridized carbons (Fsp3) is 0.714. The van der Waals surface area contributed by atoms with Crippen LogP contribution in [-0.4, -0.2) is 17.4 Å². The molecule has 0 fully saturated rings. The Bertz CT molecular complexity index is 462. The maximum absolute atomic E-state index is 11.5. The quantitative estimate of drug-likeness (QED) is 0.894. The molecule has 106 valence electrons. The number of rotatable bonds is 3. The first kappa shape index (κ1) is 14.5. The SMILES string of the molecule is CC(C)(C)C1CCc2nc(NC(=O)CCN)sc2C1. The van der Waals surface area contributed by atoms with E-state index in [1.807, 2.05) is 0 Å². The molecule has 0 aliphatic heterocycles. The molecule has 1 aliphatic carbocycles. The van der Waals surface area contributed by atoms with E-state index in [2.05, 4.69) is 31.1 Å². The van der Waals surface area contributed by atoms with Gasteiger partial charge in [-0.3, -0.25) is 4.79 Å². The van der Waals surface area contributed by atoms with Crippen LogP contribution in [0.1, 0.15) is 44.2 Å². The van der Waals surface area contributed by atoms with Gasteiger partial charge in [0, 0.05) is 17.8 Å². The fourth-order valence-corrected chi connectivity index (χ4v) is 3.58. The first-order valence-corrected chi connectivity index (χ1v) is 7.70. The minimum absolute atomic E-state index is 0.0408. The predicted molar refractivity (Wildman–Crippen MR) is 79.4 cm³/mol. The molecule has 1 aromatic rings. The summed E-state index contributed by atoms with van der Waals surface area (Å²) in [6.07, 6.45) is 3.66. The van der Waals surface area contributed by atoms with Crippen molar-refractivity contribution in [3.63, 3.8) is 0 Å². The van der Waals surface area contributed by atoms with Crippen molar-refractivity contribution in [1.29, 1.82) is 0 Å². The van der Waals surface area contributed by atoms with Gasteiger partial charge in [0.2, 0.25) is 5.91 Å². The van der Waals surface area contributed by atoms with E-state index < -0.39 is 0 Å². The summed E-state index contributed by atoms with van der Waals surface area (Å²) in [5, 5.41) is 3.58. The lowest BCUT2D eigenvalue weighted by molar-refractivity contribution is -0.116. The van der Waals surface area contributed by atoms with Crippen LogP contribution in [0.5, 0.6) is 0 Å². The minimum Gasteiger partial charge on any atom is -0.330 e. The monoisotopic (exact) mass is 281 g/mol. The summed E-state index contributed by atoms with van der Waals surface area (Å²) in [5.74, 6) is 0.661. The van der Waals surface area contributed by atoms with Crippen molar-refractivity contribution in [3.05, 3.63) is 10.6 Å². The van der Waals surface area contributed by atoms with Crippen LogP contribution < -0.4 is 11.1 Å². The molecule has 19 heavy (non-hydrogen) atoms. The fourth-order valence-electron chi connectivity index (χ4n) is 2.48. The topological polar surface area (TPSA) is 68.0 Å². The van der Waals surface area contributed by atoms with E-state index in [1.165, 1.54) is 17.0 Å². The average molecular weight is 281 g/mol. The molecule has 0 saturated carbocycles. The Kier molecular flexibility index (Phi) is 4.26. The highest BCUT2D eigenvalue weighted by atomic mass is 32.1. The highest BCUT2D eigenvalue weighted by molar-refractivity contribution is 7.15. The summed E-state index contributed by atoms with van der Waals surface area (Å²) < 4.78 is 0. The molecule has 3 N–H and O–H groups in total. The summed E-state index contributed by atoms with van der Waals surface area (Å²) in [5.41, 5.74) is 6.88. The van der Waals surface area contributed by atoms with E-state index in [4.69, 9.17) is 5.73 Å². The Morgan fingerprint density at radius 1 is 1.53 bits per heavy atom. The van der Waals surface area contributed by atoms with Gasteiger partial charge in [-0.15, -0.1) is 11.3 Å². The third kappa shape index (κ3) is 3.54. The third-order valence-corrected chi connectivity index (χ3v) is 4.82. The number of nitrogens with one attached hydrogen (secondary N) is 1. The second kappa shape index (κ2) is 5.59. The van der Waals surface area contributed by atoms with Crippen LogP contribution in [0, 0.1) is 11.3 Å². The number of carbonyl (C=O) groups is 1. The molecular weight excluding hydrogens is 258 g/mol. The molecule has 1 atom stereocenters. The molecule has 0 saturated heterocycles. The summed E-state index contributed by atoms with van der Waals surface area (Å²) in [6.45, 7) is 7.28. The van der Waals surface area contributed by atoms with E-state index in [1.54, 1.807) is 11.3 Å². The number of amides is 1. The van der Waals surface area contributed by atoms with Gasteiger partial charge in [0.1, 0.15) is 0 Å². The van der Waals surface area contributed by atoms with Crippen molar-refractivity contribution in [3.8, 4) is 0 Å². The first-order valence-electron chi connectivity index (χ1n) is 6.88. The van der Waals surface area contributed by atoms with Crippen LogP contribution >= 0.6 is 11.3 Å². The first-order chi connectivity index (χ1) is 8.90. The number of anilines is 1. The van der Waals surface area contributed by atoms with Crippen LogP contribution in [-0.2, 0) is 17.6 Å². The zero-order valence-corrected chi connectivity index (χ0v) is 12.8. The molecular formula is C14H23N3OS. The number of hydrogen-bond donors (Lipinski definition) is 2. The average Bonchev–Trinajstić information content (AvgIpc) is 2.68. The summed E-state index contributed by atoms with van der Waals surface area (Å²) in [6, 6.07) is 0. The van der Waals surface area contributed by atoms with Gasteiger partial charge in [0.25, 0.3) is 0 Å². The van der Waals surface area contributed by atoms with Gasteiger partial charge in [-0.2, -0.15) is 0 Å². The molecule has 2 rings (SSSR count). The molecule has 0 aromatic carbocycles. The molecule has 5 heteroatoms. The molecule has 4 nitrogen and oxygen atoms in total. The standard InChI is InChI=1S/C14H23N3OS/c1-14(2,3)9-4-5-10-11(8-9)19-13(16-10)17-12(18)6-7-15/h9H,4-8,15H2,1-3H3,(H,16,17,18). The van der Waals surface area contributed by atoms with Gasteiger partial charge in [-0.05, 0) is 30.6 Å². The second-order valence-corrected chi connectivity index (χ2v) is 7.37. The molecule has 1 heterocycles. The van der Waals surface area contributed by atoms with Gasteiger partial charge in [0.05, 0.1) is 5.69 Å². The summed E-state index contributed by atoms with van der Waals surface area (Å²) in [4.78, 5) is 17.4. The number of nitrogens with zero attached hydrogens (tertiary/aromatic N) is 1. The summed E-state index contributed by atoms with van der Waals surface area (Å²) >= 11 is 1.63. The Labute approximate surface area is 118 Å². The molecule has 0 bridgehead atoms. The van der Waals surface area contributed by atoms with E-state index in [0.717, 1.165) is 18.0 Å². The third-order valence-electron chi connectivity index (χ3n) is 3.78. The van der Waals surface area contributed by atoms with Crippen LogP contribution in [0.25, 0.3) is 0 Å². The van der Waals surface area contributed by atoms with Crippen LogP contribution in [0.4, 0.5) is 5.13 Å². The minimum atomic E-state index is -0.0408. The van der Waals surface area contributed by atoms with E-state index in [9.17, 15) is 4.79 Å². The zero-order valence-electron chi connectivity index (χ0n) is 12.0. The maximum Gasteiger partial charge on any atom is 0.227 e. The van der Waals surface area contributed by atoms with Crippen molar-refractivity contribution < 1.29 is 4.79 Å². The second-order valence-electron chi connectivity index (χ2n) is 6.28. The lowest BCUT2D eigenvalue weighted by atomic mass is 9.73. The Morgan fingerprint density at radius 3 is 2.89 bits per heavy atom. The largest absolute Gasteiger partial charge is 0.330 e. The number of aryl methyl sites for hydroxylation is 1. The number of carbonyl (C=O) groups excluding carboxylic acids is 1. The molecule has 0 spiro atoms. The van der Waals surface area contributed by atoms with Crippen LogP contribution in [0.2, 0.25) is 0 Å². The number of thiazole rings is 1. The molecule has 1 amide bonds. The Hall–Kier alpha value is -0.940. The molecule has 1 unspecified atom stereocenters.